The van der Waals surface area contributed by atoms with Gasteiger partial charge in [-0.25, -0.2) is 14.6 Å². The summed E-state index contributed by atoms with van der Waals surface area (Å²) in [5.74, 6) is -1.07. The molecule has 2 rings (SSSR count). The Morgan fingerprint density at radius 2 is 2.29 bits per heavy atom. The third kappa shape index (κ3) is 1.30. The lowest BCUT2D eigenvalue weighted by atomic mass is 9.92. The maximum absolute atomic E-state index is 11.4. The van der Waals surface area contributed by atoms with Crippen molar-refractivity contribution in [3.05, 3.63) is 28.4 Å². The first kappa shape index (κ1) is 8.93. The topological polar surface area (TPSA) is 72.2 Å². The highest BCUT2D eigenvalue weighted by molar-refractivity contribution is 5.85. The highest BCUT2D eigenvalue weighted by atomic mass is 16.4. The number of hydrogen-bond donors (Lipinski definition) is 1. The van der Waals surface area contributed by atoms with Crippen LogP contribution in [0, 0.1) is 0 Å². The van der Waals surface area contributed by atoms with Gasteiger partial charge in [-0.1, -0.05) is 0 Å². The van der Waals surface area contributed by atoms with Crippen LogP contribution in [0.15, 0.2) is 17.1 Å². The third-order valence-corrected chi connectivity index (χ3v) is 2.54. The molecule has 1 aliphatic rings. The van der Waals surface area contributed by atoms with E-state index in [-0.39, 0.29) is 11.7 Å². The quantitative estimate of drug-likeness (QED) is 0.750. The summed E-state index contributed by atoms with van der Waals surface area (Å²) in [6, 6.07) is 1.39. The van der Waals surface area contributed by atoms with Gasteiger partial charge in [-0.2, -0.15) is 0 Å². The van der Waals surface area contributed by atoms with Gasteiger partial charge in [0, 0.05) is 12.2 Å². The smallest absolute Gasteiger partial charge is 0.352 e. The second-order valence-electron chi connectivity index (χ2n) is 3.37. The van der Waals surface area contributed by atoms with Gasteiger partial charge < -0.3 is 5.11 Å². The monoisotopic (exact) mass is 194 g/mol. The van der Waals surface area contributed by atoms with Crippen LogP contribution in [0.2, 0.25) is 0 Å². The van der Waals surface area contributed by atoms with Crippen LogP contribution in [0.1, 0.15) is 35.8 Å². The Hall–Kier alpha value is -1.65. The lowest BCUT2D eigenvalue weighted by Gasteiger charge is -2.28. The van der Waals surface area contributed by atoms with Crippen molar-refractivity contribution < 1.29 is 9.90 Å². The summed E-state index contributed by atoms with van der Waals surface area (Å²) in [5.41, 5.74) is -0.427. The number of aromatic carboxylic acids is 1. The molecule has 1 fully saturated rings. The van der Waals surface area contributed by atoms with Crippen molar-refractivity contribution in [2.45, 2.75) is 25.3 Å². The Labute approximate surface area is 80.0 Å². The molecule has 1 aromatic rings. The van der Waals surface area contributed by atoms with Crippen LogP contribution >= 0.6 is 0 Å². The normalized spacial score (nSPS) is 16.3. The van der Waals surface area contributed by atoms with Gasteiger partial charge in [0.25, 0.3) is 0 Å². The SMILES string of the molecule is O=C(O)c1ccnc(=O)n1C1CCC1. The number of aromatic nitrogens is 2. The number of carboxylic acids is 1. The summed E-state index contributed by atoms with van der Waals surface area (Å²) in [5, 5.41) is 8.87. The minimum Gasteiger partial charge on any atom is -0.477 e. The Kier molecular flexibility index (Phi) is 2.07. The Bertz CT molecular complexity index is 420. The second-order valence-corrected chi connectivity index (χ2v) is 3.37. The lowest BCUT2D eigenvalue weighted by Crippen LogP contribution is -2.34. The fraction of sp³-hybridized carbons (Fsp3) is 0.444. The largest absolute Gasteiger partial charge is 0.477 e. The van der Waals surface area contributed by atoms with Crippen LogP contribution < -0.4 is 5.69 Å². The molecule has 14 heavy (non-hydrogen) atoms. The van der Waals surface area contributed by atoms with E-state index < -0.39 is 11.7 Å². The Morgan fingerprint density at radius 3 is 2.79 bits per heavy atom. The van der Waals surface area contributed by atoms with Gasteiger partial charge in [-0.3, -0.25) is 4.57 Å². The summed E-state index contributed by atoms with van der Waals surface area (Å²) in [6.45, 7) is 0. The molecule has 1 aromatic heterocycles. The molecule has 0 aromatic carbocycles. The number of rotatable bonds is 2. The zero-order valence-electron chi connectivity index (χ0n) is 7.51. The zero-order chi connectivity index (χ0) is 10.1. The van der Waals surface area contributed by atoms with Gasteiger partial charge >= 0.3 is 11.7 Å². The molecule has 1 saturated carbocycles. The van der Waals surface area contributed by atoms with Crippen molar-refractivity contribution in [3.63, 3.8) is 0 Å². The first-order valence-corrected chi connectivity index (χ1v) is 4.51. The molecule has 0 spiro atoms. The van der Waals surface area contributed by atoms with Gasteiger partial charge in [0.05, 0.1) is 0 Å². The highest BCUT2D eigenvalue weighted by Crippen LogP contribution is 2.30. The molecule has 1 N–H and O–H groups in total. The van der Waals surface area contributed by atoms with Crippen molar-refractivity contribution in [3.8, 4) is 0 Å². The standard InChI is InChI=1S/C9H10N2O3/c12-8(13)7-4-5-10-9(14)11(7)6-2-1-3-6/h4-6H,1-3H2,(H,12,13). The van der Waals surface area contributed by atoms with E-state index >= 15 is 0 Å². The highest BCUT2D eigenvalue weighted by Gasteiger charge is 2.24. The average molecular weight is 194 g/mol. The molecule has 0 unspecified atom stereocenters. The van der Waals surface area contributed by atoms with Crippen LogP contribution in [-0.4, -0.2) is 20.6 Å². The van der Waals surface area contributed by atoms with E-state index in [0.717, 1.165) is 19.3 Å². The van der Waals surface area contributed by atoms with E-state index in [9.17, 15) is 9.59 Å². The van der Waals surface area contributed by atoms with Gasteiger partial charge in [0.1, 0.15) is 5.69 Å². The molecule has 0 aliphatic heterocycles. The van der Waals surface area contributed by atoms with Gasteiger partial charge in [-0.05, 0) is 25.3 Å². The molecule has 0 saturated heterocycles. The number of carboxylic acid groups (broad SMARTS) is 1. The maximum atomic E-state index is 11.4. The van der Waals surface area contributed by atoms with Crippen LogP contribution in [-0.2, 0) is 0 Å². The number of nitrogens with zero attached hydrogens (tertiary/aromatic N) is 2. The van der Waals surface area contributed by atoms with Crippen LogP contribution in [0.3, 0.4) is 0 Å². The van der Waals surface area contributed by atoms with Gasteiger partial charge in [0.15, 0.2) is 0 Å². The lowest BCUT2D eigenvalue weighted by molar-refractivity contribution is 0.0675. The molecule has 1 heterocycles. The van der Waals surface area contributed by atoms with Crippen molar-refractivity contribution >= 4 is 5.97 Å². The minimum atomic E-state index is -1.07. The summed E-state index contributed by atoms with van der Waals surface area (Å²) < 4.78 is 1.28. The van der Waals surface area contributed by atoms with Crippen molar-refractivity contribution in [1.29, 1.82) is 0 Å². The van der Waals surface area contributed by atoms with E-state index in [1.807, 2.05) is 0 Å². The van der Waals surface area contributed by atoms with Gasteiger partial charge in [-0.15, -0.1) is 0 Å². The average Bonchev–Trinajstić information content (AvgIpc) is 2.04. The van der Waals surface area contributed by atoms with Crippen LogP contribution in [0.25, 0.3) is 0 Å². The molecular formula is C9H10N2O3. The van der Waals surface area contributed by atoms with E-state index in [2.05, 4.69) is 4.98 Å². The van der Waals surface area contributed by atoms with E-state index in [1.54, 1.807) is 0 Å². The molecule has 0 amide bonds. The predicted molar refractivity (Wildman–Crippen MR) is 48.3 cm³/mol. The zero-order valence-corrected chi connectivity index (χ0v) is 7.51. The molecular weight excluding hydrogens is 184 g/mol. The minimum absolute atomic E-state index is 0.0299. The van der Waals surface area contributed by atoms with Crippen molar-refractivity contribution in [1.82, 2.24) is 9.55 Å². The number of carbonyl (C=O) groups is 1. The molecule has 0 radical (unpaired) electrons. The fourth-order valence-corrected chi connectivity index (χ4v) is 1.59. The van der Waals surface area contributed by atoms with E-state index in [0.29, 0.717) is 0 Å². The maximum Gasteiger partial charge on any atom is 0.352 e. The first-order valence-electron chi connectivity index (χ1n) is 4.51. The van der Waals surface area contributed by atoms with Crippen molar-refractivity contribution in [2.75, 3.05) is 0 Å². The van der Waals surface area contributed by atoms with E-state index in [4.69, 9.17) is 5.11 Å². The predicted octanol–water partition coefficient (Wildman–Crippen LogP) is 0.667. The molecule has 0 atom stereocenters. The van der Waals surface area contributed by atoms with Crippen LogP contribution in [0.4, 0.5) is 0 Å². The molecule has 1 aliphatic carbocycles. The third-order valence-electron chi connectivity index (χ3n) is 2.54. The summed E-state index contributed by atoms with van der Waals surface area (Å²) in [7, 11) is 0. The molecule has 74 valence electrons. The fourth-order valence-electron chi connectivity index (χ4n) is 1.59. The van der Waals surface area contributed by atoms with Crippen LogP contribution in [0.5, 0.6) is 0 Å². The Balaban J connectivity index is 2.53. The van der Waals surface area contributed by atoms with E-state index in [1.165, 1.54) is 16.8 Å². The van der Waals surface area contributed by atoms with Crippen molar-refractivity contribution in [2.24, 2.45) is 0 Å². The van der Waals surface area contributed by atoms with Gasteiger partial charge in [0.2, 0.25) is 0 Å². The summed E-state index contributed by atoms with van der Waals surface area (Å²) in [4.78, 5) is 25.8. The molecule has 5 nitrogen and oxygen atoms in total. The summed E-state index contributed by atoms with van der Waals surface area (Å²) in [6.07, 6.45) is 4.02. The molecule has 5 heteroatoms. The Morgan fingerprint density at radius 1 is 1.57 bits per heavy atom. The molecule has 0 bridgehead atoms. The number of hydrogen-bond acceptors (Lipinski definition) is 3. The summed E-state index contributed by atoms with van der Waals surface area (Å²) >= 11 is 0. The second kappa shape index (κ2) is 3.25. The first-order chi connectivity index (χ1) is 6.70.